The van der Waals surface area contributed by atoms with Gasteiger partial charge in [-0.3, -0.25) is 10.2 Å². The van der Waals surface area contributed by atoms with Gasteiger partial charge in [0.2, 0.25) is 0 Å². The molecule has 0 spiro atoms. The van der Waals surface area contributed by atoms with Gasteiger partial charge in [-0.2, -0.15) is 10.2 Å². The minimum Gasteiger partial charge on any atom is -0.381 e. The summed E-state index contributed by atoms with van der Waals surface area (Å²) in [7, 11) is 0. The van der Waals surface area contributed by atoms with Crippen molar-refractivity contribution in [1.29, 1.82) is 0 Å². The zero-order valence-corrected chi connectivity index (χ0v) is 21.9. The Hall–Kier alpha value is -3.85. The van der Waals surface area contributed by atoms with E-state index in [-0.39, 0.29) is 0 Å². The molecular weight excluding hydrogens is 474 g/mol. The first-order valence-electron chi connectivity index (χ1n) is 13.9. The van der Waals surface area contributed by atoms with Gasteiger partial charge >= 0.3 is 0 Å². The van der Waals surface area contributed by atoms with Crippen LogP contribution < -0.4 is 10.2 Å². The minimum absolute atomic E-state index is 0.712. The standard InChI is InChI=1S/C29H35N9/c1-19-20(18-31-34-19)17-30-21-5-7-25-24(15-21)28(36-35-25)29-32-26-8-6-23(16-27(26)33-29)38-13-9-22(10-14-38)37-11-3-2-4-12-37/h5-8,15-16,18,22,30H,2-4,9-14,17H2,1H3,(H,31,34)(H,32,33)(H,35,36). The molecule has 0 radical (unpaired) electrons. The van der Waals surface area contributed by atoms with E-state index in [1.165, 1.54) is 50.9 Å². The number of aromatic amines is 3. The van der Waals surface area contributed by atoms with Crippen LogP contribution in [-0.2, 0) is 6.54 Å². The predicted octanol–water partition coefficient (Wildman–Crippen LogP) is 5.20. The van der Waals surface area contributed by atoms with Crippen molar-refractivity contribution in [2.75, 3.05) is 36.4 Å². The van der Waals surface area contributed by atoms with Gasteiger partial charge in [0, 0.05) is 53.7 Å². The van der Waals surface area contributed by atoms with E-state index in [2.05, 4.69) is 76.9 Å². The third-order valence-electron chi connectivity index (χ3n) is 8.41. The van der Waals surface area contributed by atoms with Crippen molar-refractivity contribution in [1.82, 2.24) is 35.3 Å². The molecular formula is C29H35N9. The van der Waals surface area contributed by atoms with Crippen LogP contribution in [0, 0.1) is 6.92 Å². The van der Waals surface area contributed by atoms with Crippen LogP contribution in [0.3, 0.4) is 0 Å². The number of H-pyrrole nitrogens is 3. The molecule has 0 amide bonds. The molecule has 0 atom stereocenters. The number of nitrogens with one attached hydrogen (secondary N) is 4. The second-order valence-corrected chi connectivity index (χ2v) is 10.8. The van der Waals surface area contributed by atoms with E-state index in [9.17, 15) is 0 Å². The van der Waals surface area contributed by atoms with Crippen molar-refractivity contribution >= 4 is 33.3 Å². The smallest absolute Gasteiger partial charge is 0.159 e. The largest absolute Gasteiger partial charge is 0.381 e. The molecule has 0 unspecified atom stereocenters. The van der Waals surface area contributed by atoms with Crippen LogP contribution in [0.15, 0.2) is 42.6 Å². The zero-order chi connectivity index (χ0) is 25.5. The lowest BCUT2D eigenvalue weighted by atomic mass is 9.99. The van der Waals surface area contributed by atoms with Gasteiger partial charge in [-0.05, 0) is 82.1 Å². The van der Waals surface area contributed by atoms with Gasteiger partial charge in [0.05, 0.1) is 22.7 Å². The van der Waals surface area contributed by atoms with Crippen molar-refractivity contribution in [3.8, 4) is 11.5 Å². The fourth-order valence-electron chi connectivity index (χ4n) is 6.13. The van der Waals surface area contributed by atoms with Crippen LogP contribution >= 0.6 is 0 Å². The average Bonchev–Trinajstić information content (AvgIpc) is 3.69. The van der Waals surface area contributed by atoms with Crippen LogP contribution in [0.4, 0.5) is 11.4 Å². The highest BCUT2D eigenvalue weighted by atomic mass is 15.2. The molecule has 9 heteroatoms. The van der Waals surface area contributed by atoms with Crippen LogP contribution in [0.5, 0.6) is 0 Å². The maximum absolute atomic E-state index is 4.90. The normalized spacial score (nSPS) is 17.6. The van der Waals surface area contributed by atoms with E-state index in [0.717, 1.165) is 69.5 Å². The molecule has 9 nitrogen and oxygen atoms in total. The van der Waals surface area contributed by atoms with Crippen molar-refractivity contribution < 1.29 is 0 Å². The van der Waals surface area contributed by atoms with Crippen molar-refractivity contribution in [3.05, 3.63) is 53.9 Å². The quantitative estimate of drug-likeness (QED) is 0.251. The lowest BCUT2D eigenvalue weighted by Crippen LogP contribution is -2.46. The molecule has 7 rings (SSSR count). The molecule has 0 aliphatic carbocycles. The molecule has 2 fully saturated rings. The third-order valence-corrected chi connectivity index (χ3v) is 8.41. The molecule has 5 aromatic rings. The molecule has 2 aliphatic rings. The van der Waals surface area contributed by atoms with Crippen LogP contribution in [0.25, 0.3) is 33.5 Å². The van der Waals surface area contributed by atoms with E-state index < -0.39 is 0 Å². The Labute approximate surface area is 222 Å². The van der Waals surface area contributed by atoms with Crippen molar-refractivity contribution in [2.24, 2.45) is 0 Å². The molecule has 3 aromatic heterocycles. The number of aromatic nitrogens is 6. The lowest BCUT2D eigenvalue weighted by molar-refractivity contribution is 0.141. The minimum atomic E-state index is 0.712. The van der Waals surface area contributed by atoms with Gasteiger partial charge in [0.1, 0.15) is 5.69 Å². The lowest BCUT2D eigenvalue weighted by Gasteiger charge is -2.41. The molecule has 2 aliphatic heterocycles. The topological polar surface area (TPSA) is 105 Å². The van der Waals surface area contributed by atoms with Crippen LogP contribution in [0.2, 0.25) is 0 Å². The monoisotopic (exact) mass is 509 g/mol. The summed E-state index contributed by atoms with van der Waals surface area (Å²) < 4.78 is 0. The van der Waals surface area contributed by atoms with Gasteiger partial charge in [-0.15, -0.1) is 0 Å². The molecule has 4 N–H and O–H groups in total. The summed E-state index contributed by atoms with van der Waals surface area (Å²) in [6.45, 7) is 7.56. The molecule has 5 heterocycles. The summed E-state index contributed by atoms with van der Waals surface area (Å²) in [5, 5.41) is 19.4. The Morgan fingerprint density at radius 3 is 2.63 bits per heavy atom. The number of imidazole rings is 1. The van der Waals surface area contributed by atoms with E-state index in [4.69, 9.17) is 4.98 Å². The second kappa shape index (κ2) is 9.79. The summed E-state index contributed by atoms with van der Waals surface area (Å²) in [6.07, 6.45) is 8.51. The van der Waals surface area contributed by atoms with Crippen molar-refractivity contribution in [2.45, 2.75) is 51.6 Å². The van der Waals surface area contributed by atoms with Gasteiger partial charge in [0.15, 0.2) is 5.82 Å². The molecule has 196 valence electrons. The van der Waals surface area contributed by atoms with Gasteiger partial charge in [-0.25, -0.2) is 4.98 Å². The highest BCUT2D eigenvalue weighted by Gasteiger charge is 2.26. The number of hydrogen-bond acceptors (Lipinski definition) is 6. The van der Waals surface area contributed by atoms with E-state index >= 15 is 0 Å². The summed E-state index contributed by atoms with van der Waals surface area (Å²) >= 11 is 0. The SMILES string of the molecule is Cc1[nH]ncc1CNc1ccc2[nH]nc(-c3nc4ccc(N5CCC(N6CCCCC6)CC5)cc4[nH]3)c2c1. The first-order chi connectivity index (χ1) is 18.7. The second-order valence-electron chi connectivity index (χ2n) is 10.8. The number of anilines is 2. The first kappa shape index (κ1) is 23.3. The number of fused-ring (bicyclic) bond motifs is 2. The van der Waals surface area contributed by atoms with Gasteiger partial charge < -0.3 is 20.1 Å². The number of nitrogens with zero attached hydrogens (tertiary/aromatic N) is 5. The summed E-state index contributed by atoms with van der Waals surface area (Å²) in [6, 6.07) is 13.6. The number of benzene rings is 2. The van der Waals surface area contributed by atoms with Crippen LogP contribution in [0.1, 0.15) is 43.4 Å². The van der Waals surface area contributed by atoms with E-state index in [1.807, 2.05) is 13.1 Å². The molecule has 38 heavy (non-hydrogen) atoms. The molecule has 2 aromatic carbocycles. The number of likely N-dealkylation sites (tertiary alicyclic amines) is 1. The average molecular weight is 510 g/mol. The van der Waals surface area contributed by atoms with Crippen molar-refractivity contribution in [3.63, 3.8) is 0 Å². The maximum Gasteiger partial charge on any atom is 0.159 e. The first-order valence-corrected chi connectivity index (χ1v) is 13.9. The Morgan fingerprint density at radius 2 is 1.82 bits per heavy atom. The molecule has 2 saturated heterocycles. The number of hydrogen-bond donors (Lipinski definition) is 4. The third kappa shape index (κ3) is 4.41. The Morgan fingerprint density at radius 1 is 0.947 bits per heavy atom. The fraction of sp³-hybridized carbons (Fsp3) is 0.414. The number of rotatable bonds is 6. The molecule has 0 saturated carbocycles. The maximum atomic E-state index is 4.90. The Kier molecular flexibility index (Phi) is 6.00. The predicted molar refractivity (Wildman–Crippen MR) is 152 cm³/mol. The number of piperidine rings is 2. The Bertz CT molecular complexity index is 1550. The Balaban J connectivity index is 1.09. The van der Waals surface area contributed by atoms with Gasteiger partial charge in [-0.1, -0.05) is 6.42 Å². The van der Waals surface area contributed by atoms with Crippen LogP contribution in [-0.4, -0.2) is 67.5 Å². The molecule has 0 bridgehead atoms. The highest BCUT2D eigenvalue weighted by molar-refractivity contribution is 5.95. The summed E-state index contributed by atoms with van der Waals surface area (Å²) in [5.41, 5.74) is 8.39. The number of aryl methyl sites for hydroxylation is 1. The highest BCUT2D eigenvalue weighted by Crippen LogP contribution is 2.31. The van der Waals surface area contributed by atoms with Gasteiger partial charge in [0.25, 0.3) is 0 Å². The summed E-state index contributed by atoms with van der Waals surface area (Å²) in [5.74, 6) is 0.787. The van der Waals surface area contributed by atoms with E-state index in [0.29, 0.717) is 6.54 Å². The fourth-order valence-corrected chi connectivity index (χ4v) is 6.13. The summed E-state index contributed by atoms with van der Waals surface area (Å²) in [4.78, 5) is 13.7. The zero-order valence-electron chi connectivity index (χ0n) is 21.9. The van der Waals surface area contributed by atoms with E-state index in [1.54, 1.807) is 0 Å².